The molecule has 0 aliphatic heterocycles. The topological polar surface area (TPSA) is 107 Å². The molecule has 9 heteroatoms. The number of carbonyl (C=O) groups is 1. The Morgan fingerprint density at radius 2 is 2.00 bits per heavy atom. The molecule has 0 aliphatic rings. The number of carbonyl (C=O) groups excluding carboxylic acids is 1. The number of aryl methyl sites for hydroxylation is 1. The molecule has 0 fully saturated rings. The predicted octanol–water partition coefficient (Wildman–Crippen LogP) is 0.301. The highest BCUT2D eigenvalue weighted by Gasteiger charge is 2.31. The lowest BCUT2D eigenvalue weighted by atomic mass is 10.1. The molecular weight excluding hydrogens is 294 g/mol. The molecule has 1 amide bonds. The van der Waals surface area contributed by atoms with E-state index in [0.717, 1.165) is 6.42 Å². The van der Waals surface area contributed by atoms with Gasteiger partial charge in [0.05, 0.1) is 0 Å². The van der Waals surface area contributed by atoms with Gasteiger partial charge in [0.25, 0.3) is 0 Å². The lowest BCUT2D eigenvalue weighted by Crippen LogP contribution is -2.47. The fourth-order valence-corrected chi connectivity index (χ4v) is 2.85. The molecule has 0 bridgehead atoms. The van der Waals surface area contributed by atoms with Gasteiger partial charge < -0.3 is 5.32 Å². The van der Waals surface area contributed by atoms with Crippen LogP contribution in [-0.2, 0) is 26.9 Å². The van der Waals surface area contributed by atoms with Gasteiger partial charge in [-0.25, -0.2) is 13.1 Å². The minimum atomic E-state index is -3.67. The Morgan fingerprint density at radius 1 is 1.38 bits per heavy atom. The number of amides is 1. The summed E-state index contributed by atoms with van der Waals surface area (Å²) in [4.78, 5) is 12.0. The molecule has 0 aliphatic carbocycles. The number of sulfone groups is 1. The summed E-state index contributed by atoms with van der Waals surface area (Å²) in [5, 5.41) is 12.5. The van der Waals surface area contributed by atoms with E-state index in [0.29, 0.717) is 6.54 Å². The van der Waals surface area contributed by atoms with E-state index < -0.39 is 26.5 Å². The fraction of sp³-hybridized carbons (Fsp3) is 0.833. The Bertz CT molecular complexity index is 588. The smallest absolute Gasteiger partial charge is 0.238 e. The summed E-state index contributed by atoms with van der Waals surface area (Å²) in [7, 11) is -3.67. The molecule has 0 saturated heterocycles. The first kappa shape index (κ1) is 17.5. The van der Waals surface area contributed by atoms with Gasteiger partial charge in [0, 0.05) is 12.1 Å². The number of rotatable bonds is 6. The average molecular weight is 317 g/mol. The molecular formula is C12H23N5O3S. The zero-order valence-corrected chi connectivity index (χ0v) is 13.9. The molecule has 8 nitrogen and oxygen atoms in total. The third-order valence-corrected chi connectivity index (χ3v) is 4.73. The van der Waals surface area contributed by atoms with Crippen LogP contribution in [0, 0.1) is 0 Å². The third kappa shape index (κ3) is 5.07. The summed E-state index contributed by atoms with van der Waals surface area (Å²) < 4.78 is 26.1. The van der Waals surface area contributed by atoms with Crippen molar-refractivity contribution >= 4 is 15.7 Å². The van der Waals surface area contributed by atoms with Crippen LogP contribution in [0.1, 0.15) is 46.9 Å². The molecule has 0 saturated carbocycles. The second-order valence-electron chi connectivity index (χ2n) is 6.01. The van der Waals surface area contributed by atoms with Crippen molar-refractivity contribution in [2.24, 2.45) is 0 Å². The first-order valence-corrected chi connectivity index (χ1v) is 8.57. The van der Waals surface area contributed by atoms with Crippen LogP contribution in [0.4, 0.5) is 0 Å². The zero-order valence-electron chi connectivity index (χ0n) is 13.1. The molecule has 120 valence electrons. The van der Waals surface area contributed by atoms with Crippen molar-refractivity contribution in [1.29, 1.82) is 0 Å². The van der Waals surface area contributed by atoms with Crippen LogP contribution >= 0.6 is 0 Å². The minimum Gasteiger partial charge on any atom is -0.350 e. The second-order valence-corrected chi connectivity index (χ2v) is 8.33. The first-order valence-electron chi connectivity index (χ1n) is 6.85. The number of tetrazole rings is 1. The normalized spacial score (nSPS) is 14.0. The van der Waals surface area contributed by atoms with E-state index in [1.54, 1.807) is 20.8 Å². The molecule has 1 unspecified atom stereocenters. The van der Waals surface area contributed by atoms with Crippen LogP contribution in [-0.4, -0.2) is 45.3 Å². The van der Waals surface area contributed by atoms with Gasteiger partial charge in [-0.2, -0.15) is 0 Å². The van der Waals surface area contributed by atoms with Crippen molar-refractivity contribution in [2.75, 3.05) is 0 Å². The number of aromatic nitrogens is 4. The number of nitrogens with one attached hydrogen (secondary N) is 1. The largest absolute Gasteiger partial charge is 0.350 e. The maximum absolute atomic E-state index is 12.3. The van der Waals surface area contributed by atoms with E-state index in [1.807, 2.05) is 6.92 Å². The van der Waals surface area contributed by atoms with Crippen LogP contribution in [0.25, 0.3) is 0 Å². The van der Waals surface area contributed by atoms with Crippen molar-refractivity contribution in [1.82, 2.24) is 25.5 Å². The summed E-state index contributed by atoms with van der Waals surface area (Å²) in [6.45, 7) is 9.26. The van der Waals surface area contributed by atoms with Crippen LogP contribution in [0.15, 0.2) is 0 Å². The van der Waals surface area contributed by atoms with E-state index in [1.165, 1.54) is 11.6 Å². The highest BCUT2D eigenvalue weighted by Crippen LogP contribution is 2.11. The molecule has 1 heterocycles. The number of hydrogen-bond acceptors (Lipinski definition) is 6. The Hall–Kier alpha value is -1.51. The summed E-state index contributed by atoms with van der Waals surface area (Å²) in [5.41, 5.74) is -0.481. The van der Waals surface area contributed by atoms with Crippen molar-refractivity contribution in [2.45, 2.75) is 64.1 Å². The quantitative estimate of drug-likeness (QED) is 0.808. The van der Waals surface area contributed by atoms with Crippen molar-refractivity contribution < 1.29 is 13.2 Å². The van der Waals surface area contributed by atoms with Crippen LogP contribution < -0.4 is 5.32 Å². The second kappa shape index (κ2) is 6.50. The molecule has 0 radical (unpaired) electrons. The van der Waals surface area contributed by atoms with Gasteiger partial charge in [-0.15, -0.1) is 5.10 Å². The van der Waals surface area contributed by atoms with E-state index in [9.17, 15) is 13.2 Å². The van der Waals surface area contributed by atoms with E-state index >= 15 is 0 Å². The maximum Gasteiger partial charge on any atom is 0.238 e. The molecule has 0 aromatic carbocycles. The fourth-order valence-electron chi connectivity index (χ4n) is 1.65. The highest BCUT2D eigenvalue weighted by molar-refractivity contribution is 7.92. The Morgan fingerprint density at radius 3 is 2.52 bits per heavy atom. The number of hydrogen-bond donors (Lipinski definition) is 1. The Kier molecular flexibility index (Phi) is 5.43. The molecule has 21 heavy (non-hydrogen) atoms. The zero-order chi connectivity index (χ0) is 16.3. The molecule has 1 N–H and O–H groups in total. The van der Waals surface area contributed by atoms with Gasteiger partial charge >= 0.3 is 0 Å². The Labute approximate surface area is 125 Å². The van der Waals surface area contributed by atoms with Crippen molar-refractivity contribution in [3.05, 3.63) is 5.82 Å². The van der Waals surface area contributed by atoms with Gasteiger partial charge in [0.2, 0.25) is 5.91 Å². The molecule has 1 aromatic rings. The number of nitrogens with zero attached hydrogens (tertiary/aromatic N) is 4. The van der Waals surface area contributed by atoms with E-state index in [4.69, 9.17) is 0 Å². The van der Waals surface area contributed by atoms with Crippen LogP contribution in [0.3, 0.4) is 0 Å². The summed E-state index contributed by atoms with van der Waals surface area (Å²) in [6.07, 6.45) is 0.790. The van der Waals surface area contributed by atoms with E-state index in [-0.39, 0.29) is 11.6 Å². The predicted molar refractivity (Wildman–Crippen MR) is 78.1 cm³/mol. The molecule has 1 atom stereocenters. The van der Waals surface area contributed by atoms with Crippen molar-refractivity contribution in [3.8, 4) is 0 Å². The molecule has 0 spiro atoms. The first-order chi connectivity index (χ1) is 9.57. The van der Waals surface area contributed by atoms with Gasteiger partial charge in [0.15, 0.2) is 15.7 Å². The van der Waals surface area contributed by atoms with Gasteiger partial charge in [0.1, 0.15) is 11.0 Å². The summed E-state index contributed by atoms with van der Waals surface area (Å²) in [5.74, 6) is -0.608. The molecule has 1 rings (SSSR count). The minimum absolute atomic E-state index is 0.257. The lowest BCUT2D eigenvalue weighted by Gasteiger charge is -2.23. The monoisotopic (exact) mass is 317 g/mol. The standard InChI is InChI=1S/C12H23N5O3S/c1-6-7-17-10(14-15-16-17)8-21(19,20)9(2)11(18)13-12(3,4)5/h9H,6-8H2,1-5H3,(H,13,18). The van der Waals surface area contributed by atoms with Crippen LogP contribution in [0.5, 0.6) is 0 Å². The van der Waals surface area contributed by atoms with Crippen molar-refractivity contribution in [3.63, 3.8) is 0 Å². The van der Waals surface area contributed by atoms with E-state index in [2.05, 4.69) is 20.8 Å². The van der Waals surface area contributed by atoms with Gasteiger partial charge in [-0.3, -0.25) is 4.79 Å². The third-order valence-electron chi connectivity index (χ3n) is 2.78. The van der Waals surface area contributed by atoms with Gasteiger partial charge in [-0.05, 0) is 44.5 Å². The Balaban J connectivity index is 2.85. The molecule has 1 aromatic heterocycles. The maximum atomic E-state index is 12.3. The summed E-state index contributed by atoms with van der Waals surface area (Å²) in [6, 6.07) is 0. The average Bonchev–Trinajstić information content (AvgIpc) is 2.73. The van der Waals surface area contributed by atoms with Crippen LogP contribution in [0.2, 0.25) is 0 Å². The lowest BCUT2D eigenvalue weighted by molar-refractivity contribution is -0.121. The highest BCUT2D eigenvalue weighted by atomic mass is 32.2. The van der Waals surface area contributed by atoms with Gasteiger partial charge in [-0.1, -0.05) is 6.92 Å². The SMILES string of the molecule is CCCn1nnnc1CS(=O)(=O)C(C)C(=O)NC(C)(C)C. The summed E-state index contributed by atoms with van der Waals surface area (Å²) >= 11 is 0.